The lowest BCUT2D eigenvalue weighted by atomic mass is 9.95. The lowest BCUT2D eigenvalue weighted by Crippen LogP contribution is -2.26. The van der Waals surface area contributed by atoms with Gasteiger partial charge >= 0.3 is 0 Å². The molecule has 0 aliphatic carbocycles. The van der Waals surface area contributed by atoms with E-state index in [9.17, 15) is 4.39 Å². The third-order valence-corrected chi connectivity index (χ3v) is 2.80. The number of hydrogen-bond donors (Lipinski definition) is 2. The summed E-state index contributed by atoms with van der Waals surface area (Å²) in [5, 5.41) is 0. The van der Waals surface area contributed by atoms with Crippen molar-refractivity contribution < 1.29 is 4.39 Å². The number of rotatable bonds is 3. The summed E-state index contributed by atoms with van der Waals surface area (Å²) in [6.45, 7) is 2.36. The van der Waals surface area contributed by atoms with Crippen molar-refractivity contribution in [2.45, 2.75) is 13.0 Å². The van der Waals surface area contributed by atoms with Crippen LogP contribution in [0.1, 0.15) is 18.5 Å². The maximum absolute atomic E-state index is 13.4. The average molecular weight is 261 g/mol. The van der Waals surface area contributed by atoms with Gasteiger partial charge in [-0.05, 0) is 30.7 Å². The molecule has 0 saturated carbocycles. The Hall–Kier alpha value is -0.450. The molecule has 0 saturated heterocycles. The van der Waals surface area contributed by atoms with Crippen LogP contribution in [-0.4, -0.2) is 6.54 Å². The summed E-state index contributed by atoms with van der Waals surface area (Å²) >= 11 is 3.28. The van der Waals surface area contributed by atoms with Crippen LogP contribution in [0.3, 0.4) is 0 Å². The summed E-state index contributed by atoms with van der Waals surface area (Å²) in [6, 6.07) is 4.41. The molecule has 2 nitrogen and oxygen atoms in total. The fraction of sp³-hybridized carbons (Fsp3) is 0.400. The molecular weight excluding hydrogens is 247 g/mol. The number of benzene rings is 1. The van der Waals surface area contributed by atoms with E-state index in [0.717, 1.165) is 4.47 Å². The molecule has 0 amide bonds. The smallest absolute Gasteiger partial charge is 0.128 e. The monoisotopic (exact) mass is 260 g/mol. The second-order valence-electron chi connectivity index (χ2n) is 3.40. The molecule has 1 rings (SSSR count). The quantitative estimate of drug-likeness (QED) is 0.876. The first-order valence-electron chi connectivity index (χ1n) is 4.47. The Kier molecular flexibility index (Phi) is 4.04. The number of hydrogen-bond acceptors (Lipinski definition) is 2. The van der Waals surface area contributed by atoms with Crippen LogP contribution in [0.15, 0.2) is 22.7 Å². The van der Waals surface area contributed by atoms with Gasteiger partial charge < -0.3 is 11.5 Å². The van der Waals surface area contributed by atoms with Crippen LogP contribution < -0.4 is 11.5 Å². The van der Waals surface area contributed by atoms with E-state index in [2.05, 4.69) is 15.9 Å². The van der Waals surface area contributed by atoms with E-state index in [4.69, 9.17) is 11.5 Å². The molecule has 78 valence electrons. The zero-order valence-corrected chi connectivity index (χ0v) is 9.59. The highest BCUT2D eigenvalue weighted by Crippen LogP contribution is 2.24. The molecule has 2 unspecified atom stereocenters. The van der Waals surface area contributed by atoms with Gasteiger partial charge in [0.15, 0.2) is 0 Å². The fourth-order valence-electron chi connectivity index (χ4n) is 1.22. The Labute approximate surface area is 91.6 Å². The molecule has 0 fully saturated rings. The Morgan fingerprint density at radius 1 is 1.50 bits per heavy atom. The summed E-state index contributed by atoms with van der Waals surface area (Å²) < 4.78 is 14.2. The van der Waals surface area contributed by atoms with Crippen molar-refractivity contribution in [2.24, 2.45) is 17.4 Å². The molecule has 0 aromatic heterocycles. The molecule has 1 aromatic rings. The van der Waals surface area contributed by atoms with Crippen LogP contribution in [0.25, 0.3) is 0 Å². The second-order valence-corrected chi connectivity index (χ2v) is 4.32. The molecule has 1 aromatic carbocycles. The van der Waals surface area contributed by atoms with E-state index >= 15 is 0 Å². The van der Waals surface area contributed by atoms with Crippen molar-refractivity contribution in [3.05, 3.63) is 34.1 Å². The van der Waals surface area contributed by atoms with Gasteiger partial charge in [-0.2, -0.15) is 0 Å². The number of halogens is 2. The van der Waals surface area contributed by atoms with Gasteiger partial charge in [-0.1, -0.05) is 22.9 Å². The van der Waals surface area contributed by atoms with Gasteiger partial charge in [-0.3, -0.25) is 0 Å². The van der Waals surface area contributed by atoms with Gasteiger partial charge in [0.1, 0.15) is 5.82 Å². The SMILES string of the molecule is CC(CN)C(N)c1cc(Br)ccc1F. The van der Waals surface area contributed by atoms with Crippen molar-refractivity contribution in [1.82, 2.24) is 0 Å². The average Bonchev–Trinajstić information content (AvgIpc) is 2.19. The van der Waals surface area contributed by atoms with Crippen molar-refractivity contribution in [1.29, 1.82) is 0 Å². The van der Waals surface area contributed by atoms with Gasteiger partial charge in [0.05, 0.1) is 0 Å². The standard InChI is InChI=1S/C10H14BrFN2/c1-6(5-13)10(14)8-4-7(11)2-3-9(8)12/h2-4,6,10H,5,13-14H2,1H3. The van der Waals surface area contributed by atoms with E-state index in [1.807, 2.05) is 6.92 Å². The molecular formula is C10H14BrFN2. The van der Waals surface area contributed by atoms with E-state index in [0.29, 0.717) is 12.1 Å². The summed E-state index contributed by atoms with van der Waals surface area (Å²) in [5.41, 5.74) is 11.9. The van der Waals surface area contributed by atoms with Crippen LogP contribution in [0, 0.1) is 11.7 Å². The second kappa shape index (κ2) is 4.87. The summed E-state index contributed by atoms with van der Waals surface area (Å²) in [4.78, 5) is 0. The predicted octanol–water partition coefficient (Wildman–Crippen LogP) is 2.18. The minimum absolute atomic E-state index is 0.0683. The first kappa shape index (κ1) is 11.6. The maximum Gasteiger partial charge on any atom is 0.128 e. The van der Waals surface area contributed by atoms with Gasteiger partial charge in [0.25, 0.3) is 0 Å². The van der Waals surface area contributed by atoms with E-state index in [-0.39, 0.29) is 17.8 Å². The Morgan fingerprint density at radius 2 is 2.14 bits per heavy atom. The van der Waals surface area contributed by atoms with E-state index < -0.39 is 0 Å². The van der Waals surface area contributed by atoms with Crippen molar-refractivity contribution in [2.75, 3.05) is 6.54 Å². The fourth-order valence-corrected chi connectivity index (χ4v) is 1.60. The molecule has 0 spiro atoms. The Bertz CT molecular complexity index is 317. The third kappa shape index (κ3) is 2.53. The predicted molar refractivity (Wildman–Crippen MR) is 59.2 cm³/mol. The minimum atomic E-state index is -0.350. The highest BCUT2D eigenvalue weighted by molar-refractivity contribution is 9.10. The van der Waals surface area contributed by atoms with Gasteiger partial charge in [0, 0.05) is 16.1 Å². The van der Waals surface area contributed by atoms with Crippen molar-refractivity contribution in [3.8, 4) is 0 Å². The van der Waals surface area contributed by atoms with Crippen LogP contribution in [-0.2, 0) is 0 Å². The topological polar surface area (TPSA) is 52.0 Å². The molecule has 4 N–H and O–H groups in total. The van der Waals surface area contributed by atoms with Crippen LogP contribution in [0.2, 0.25) is 0 Å². The zero-order valence-electron chi connectivity index (χ0n) is 8.00. The molecule has 4 heteroatoms. The first-order valence-corrected chi connectivity index (χ1v) is 5.26. The molecule has 0 heterocycles. The van der Waals surface area contributed by atoms with Crippen molar-refractivity contribution >= 4 is 15.9 Å². The molecule has 0 aliphatic rings. The van der Waals surface area contributed by atoms with Crippen LogP contribution >= 0.6 is 15.9 Å². The number of nitrogens with two attached hydrogens (primary N) is 2. The molecule has 0 aliphatic heterocycles. The lowest BCUT2D eigenvalue weighted by Gasteiger charge is -2.19. The highest BCUT2D eigenvalue weighted by atomic mass is 79.9. The summed E-state index contributed by atoms with van der Waals surface area (Å²) in [6.07, 6.45) is 0. The zero-order chi connectivity index (χ0) is 10.7. The van der Waals surface area contributed by atoms with E-state index in [1.54, 1.807) is 12.1 Å². The molecule has 0 bridgehead atoms. The van der Waals surface area contributed by atoms with Gasteiger partial charge in [-0.15, -0.1) is 0 Å². The largest absolute Gasteiger partial charge is 0.330 e. The molecule has 14 heavy (non-hydrogen) atoms. The maximum atomic E-state index is 13.4. The Balaban J connectivity index is 2.99. The van der Waals surface area contributed by atoms with E-state index in [1.165, 1.54) is 6.07 Å². The van der Waals surface area contributed by atoms with Gasteiger partial charge in [-0.25, -0.2) is 4.39 Å². The Morgan fingerprint density at radius 3 is 2.71 bits per heavy atom. The molecule has 2 atom stereocenters. The lowest BCUT2D eigenvalue weighted by molar-refractivity contribution is 0.459. The minimum Gasteiger partial charge on any atom is -0.330 e. The van der Waals surface area contributed by atoms with Crippen molar-refractivity contribution in [3.63, 3.8) is 0 Å². The van der Waals surface area contributed by atoms with Crippen LogP contribution in [0.5, 0.6) is 0 Å². The highest BCUT2D eigenvalue weighted by Gasteiger charge is 2.17. The summed E-state index contributed by atoms with van der Waals surface area (Å²) in [5.74, 6) is -0.209. The first-order chi connectivity index (χ1) is 6.56. The normalized spacial score (nSPS) is 15.2. The van der Waals surface area contributed by atoms with Gasteiger partial charge in [0.2, 0.25) is 0 Å². The molecule has 0 radical (unpaired) electrons. The van der Waals surface area contributed by atoms with Crippen LogP contribution in [0.4, 0.5) is 4.39 Å². The summed E-state index contributed by atoms with van der Waals surface area (Å²) in [7, 11) is 0. The third-order valence-electron chi connectivity index (χ3n) is 2.30.